The molecule has 2 aromatic carbocycles. The number of pyridine rings is 1. The standard InChI is InChI=1S/C21H16BrN3O2S/c22-15-8-9-19(23-12-15)25-20(26)14-5-3-6-16(10-14)24-21(27)18-11-13-4-1-2-7-17(13)28-18/h1-10,12,18H,11H2,(H,24,27)(H,23,25,26). The third-order valence-corrected chi connectivity index (χ3v) is 6.09. The third-order valence-electron chi connectivity index (χ3n) is 4.30. The average Bonchev–Trinajstić information content (AvgIpc) is 3.14. The van der Waals surface area contributed by atoms with Crippen LogP contribution in [0.5, 0.6) is 0 Å². The predicted molar refractivity (Wildman–Crippen MR) is 115 cm³/mol. The van der Waals surface area contributed by atoms with Gasteiger partial charge in [0.1, 0.15) is 5.82 Å². The molecule has 0 saturated heterocycles. The molecular weight excluding hydrogens is 438 g/mol. The average molecular weight is 454 g/mol. The van der Waals surface area contributed by atoms with Gasteiger partial charge in [0.05, 0.1) is 5.25 Å². The number of hydrogen-bond donors (Lipinski definition) is 2. The summed E-state index contributed by atoms with van der Waals surface area (Å²) in [5.41, 5.74) is 2.24. The van der Waals surface area contributed by atoms with Crippen molar-refractivity contribution in [2.24, 2.45) is 0 Å². The van der Waals surface area contributed by atoms with Crippen molar-refractivity contribution in [1.29, 1.82) is 0 Å². The molecule has 28 heavy (non-hydrogen) atoms. The molecular formula is C21H16BrN3O2S. The number of amides is 2. The van der Waals surface area contributed by atoms with Crippen molar-refractivity contribution >= 4 is 51.0 Å². The van der Waals surface area contributed by atoms with Crippen LogP contribution in [-0.2, 0) is 11.2 Å². The zero-order chi connectivity index (χ0) is 19.5. The van der Waals surface area contributed by atoms with Crippen molar-refractivity contribution in [3.8, 4) is 0 Å². The summed E-state index contributed by atoms with van der Waals surface area (Å²) in [6.45, 7) is 0. The first kappa shape index (κ1) is 18.7. The summed E-state index contributed by atoms with van der Waals surface area (Å²) in [4.78, 5) is 30.4. The largest absolute Gasteiger partial charge is 0.325 e. The quantitative estimate of drug-likeness (QED) is 0.597. The van der Waals surface area contributed by atoms with Crippen LogP contribution < -0.4 is 10.6 Å². The van der Waals surface area contributed by atoms with E-state index < -0.39 is 0 Å². The van der Waals surface area contributed by atoms with Gasteiger partial charge in [0.2, 0.25) is 5.91 Å². The molecule has 3 aromatic rings. The molecule has 1 unspecified atom stereocenters. The Morgan fingerprint density at radius 2 is 1.89 bits per heavy atom. The van der Waals surface area contributed by atoms with Gasteiger partial charge in [-0.15, -0.1) is 11.8 Å². The number of nitrogens with one attached hydrogen (secondary N) is 2. The van der Waals surface area contributed by atoms with Crippen LogP contribution in [0.3, 0.4) is 0 Å². The first-order valence-electron chi connectivity index (χ1n) is 8.67. The lowest BCUT2D eigenvalue weighted by atomic mass is 10.1. The predicted octanol–water partition coefficient (Wildman–Crippen LogP) is 4.75. The highest BCUT2D eigenvalue weighted by atomic mass is 79.9. The van der Waals surface area contributed by atoms with Crippen LogP contribution in [0.1, 0.15) is 15.9 Å². The lowest BCUT2D eigenvalue weighted by Crippen LogP contribution is -2.24. The SMILES string of the molecule is O=C(Nc1ccc(Br)cn1)c1cccc(NC(=O)C2Cc3ccccc3S2)c1. The van der Waals surface area contributed by atoms with Crippen molar-refractivity contribution in [2.45, 2.75) is 16.6 Å². The number of benzene rings is 2. The van der Waals surface area contributed by atoms with Gasteiger partial charge in [-0.25, -0.2) is 4.98 Å². The van der Waals surface area contributed by atoms with E-state index in [1.54, 1.807) is 54.4 Å². The molecule has 0 bridgehead atoms. The highest BCUT2D eigenvalue weighted by molar-refractivity contribution is 9.10. The highest BCUT2D eigenvalue weighted by Crippen LogP contribution is 2.37. The Kier molecular flexibility index (Phi) is 5.45. The molecule has 5 nitrogen and oxygen atoms in total. The smallest absolute Gasteiger partial charge is 0.256 e. The van der Waals surface area contributed by atoms with E-state index in [0.29, 0.717) is 23.5 Å². The Morgan fingerprint density at radius 1 is 1.04 bits per heavy atom. The van der Waals surface area contributed by atoms with Crippen LogP contribution in [0.25, 0.3) is 0 Å². The number of halogens is 1. The second kappa shape index (κ2) is 8.16. The molecule has 1 atom stereocenters. The highest BCUT2D eigenvalue weighted by Gasteiger charge is 2.28. The van der Waals surface area contributed by atoms with Crippen molar-refractivity contribution in [3.63, 3.8) is 0 Å². The number of fused-ring (bicyclic) bond motifs is 1. The molecule has 1 aromatic heterocycles. The Morgan fingerprint density at radius 3 is 2.68 bits per heavy atom. The maximum atomic E-state index is 12.6. The molecule has 140 valence electrons. The molecule has 0 radical (unpaired) electrons. The van der Waals surface area contributed by atoms with Crippen molar-refractivity contribution in [1.82, 2.24) is 4.98 Å². The summed E-state index contributed by atoms with van der Waals surface area (Å²) in [5, 5.41) is 5.50. The maximum absolute atomic E-state index is 12.6. The topological polar surface area (TPSA) is 71.1 Å². The van der Waals surface area contributed by atoms with E-state index in [1.807, 2.05) is 18.2 Å². The van der Waals surface area contributed by atoms with E-state index in [4.69, 9.17) is 0 Å². The summed E-state index contributed by atoms with van der Waals surface area (Å²) >= 11 is 4.88. The van der Waals surface area contributed by atoms with Gasteiger partial charge in [-0.05, 0) is 64.3 Å². The number of anilines is 2. The van der Waals surface area contributed by atoms with Crippen LogP contribution in [-0.4, -0.2) is 22.0 Å². The number of aromatic nitrogens is 1. The first-order valence-corrected chi connectivity index (χ1v) is 10.3. The van der Waals surface area contributed by atoms with Crippen molar-refractivity contribution < 1.29 is 9.59 Å². The second-order valence-corrected chi connectivity index (χ2v) is 8.46. The molecule has 0 aliphatic carbocycles. The maximum Gasteiger partial charge on any atom is 0.256 e. The van der Waals surface area contributed by atoms with E-state index >= 15 is 0 Å². The lowest BCUT2D eigenvalue weighted by molar-refractivity contribution is -0.115. The molecule has 2 N–H and O–H groups in total. The molecule has 4 rings (SSSR count). The second-order valence-electron chi connectivity index (χ2n) is 6.30. The minimum atomic E-state index is -0.284. The number of hydrogen-bond acceptors (Lipinski definition) is 4. The summed E-state index contributed by atoms with van der Waals surface area (Å²) in [6, 6.07) is 18.5. The molecule has 0 saturated carbocycles. The Hall–Kier alpha value is -2.64. The van der Waals surface area contributed by atoms with Crippen molar-refractivity contribution in [2.75, 3.05) is 10.6 Å². The van der Waals surface area contributed by atoms with E-state index in [2.05, 4.69) is 37.6 Å². The Bertz CT molecular complexity index is 1010. The van der Waals surface area contributed by atoms with Gasteiger partial charge in [-0.1, -0.05) is 24.3 Å². The molecule has 0 spiro atoms. The fraction of sp³-hybridized carbons (Fsp3) is 0.0952. The molecule has 2 heterocycles. The van der Waals surface area contributed by atoms with Gasteiger partial charge in [-0.3, -0.25) is 9.59 Å². The van der Waals surface area contributed by atoms with Gasteiger partial charge in [0, 0.05) is 26.8 Å². The molecule has 2 amide bonds. The van der Waals surface area contributed by atoms with Gasteiger partial charge in [0.15, 0.2) is 0 Å². The Labute approximate surface area is 175 Å². The lowest BCUT2D eigenvalue weighted by Gasteiger charge is -2.11. The zero-order valence-corrected chi connectivity index (χ0v) is 17.1. The summed E-state index contributed by atoms with van der Waals surface area (Å²) in [7, 11) is 0. The molecule has 1 aliphatic heterocycles. The Balaban J connectivity index is 1.41. The molecule has 1 aliphatic rings. The zero-order valence-electron chi connectivity index (χ0n) is 14.7. The first-order chi connectivity index (χ1) is 13.6. The molecule has 0 fully saturated rings. The van der Waals surface area contributed by atoms with Gasteiger partial charge in [-0.2, -0.15) is 0 Å². The van der Waals surface area contributed by atoms with Crippen LogP contribution in [0.15, 0.2) is 76.2 Å². The number of nitrogens with zero attached hydrogens (tertiary/aromatic N) is 1. The van der Waals surface area contributed by atoms with Crippen LogP contribution >= 0.6 is 27.7 Å². The number of carbonyl (C=O) groups excluding carboxylic acids is 2. The fourth-order valence-corrected chi connectivity index (χ4v) is 4.36. The minimum absolute atomic E-state index is 0.0617. The minimum Gasteiger partial charge on any atom is -0.325 e. The third kappa shape index (κ3) is 4.26. The fourth-order valence-electron chi connectivity index (χ4n) is 2.93. The van der Waals surface area contributed by atoms with E-state index in [9.17, 15) is 9.59 Å². The van der Waals surface area contributed by atoms with E-state index in [0.717, 1.165) is 9.37 Å². The summed E-state index contributed by atoms with van der Waals surface area (Å²) in [5.74, 6) is 0.115. The summed E-state index contributed by atoms with van der Waals surface area (Å²) < 4.78 is 0.835. The number of thioether (sulfide) groups is 1. The molecule has 7 heteroatoms. The van der Waals surface area contributed by atoms with E-state index in [1.165, 1.54) is 5.56 Å². The van der Waals surface area contributed by atoms with E-state index in [-0.39, 0.29) is 17.1 Å². The van der Waals surface area contributed by atoms with Gasteiger partial charge >= 0.3 is 0 Å². The van der Waals surface area contributed by atoms with Gasteiger partial charge in [0.25, 0.3) is 5.91 Å². The normalized spacial score (nSPS) is 15.0. The summed E-state index contributed by atoms with van der Waals surface area (Å²) in [6.07, 6.45) is 2.33. The number of rotatable bonds is 4. The monoisotopic (exact) mass is 453 g/mol. The number of carbonyl (C=O) groups is 2. The van der Waals surface area contributed by atoms with Crippen molar-refractivity contribution in [3.05, 3.63) is 82.5 Å². The van der Waals surface area contributed by atoms with Crippen LogP contribution in [0.2, 0.25) is 0 Å². The van der Waals surface area contributed by atoms with Gasteiger partial charge < -0.3 is 10.6 Å². The van der Waals surface area contributed by atoms with Crippen LogP contribution in [0.4, 0.5) is 11.5 Å². The van der Waals surface area contributed by atoms with Crippen LogP contribution in [0, 0.1) is 0 Å².